The number of nitrogens with one attached hydrogen (secondary N) is 2. The van der Waals surface area contributed by atoms with Crippen molar-refractivity contribution in [3.8, 4) is 0 Å². The van der Waals surface area contributed by atoms with Gasteiger partial charge in [0.1, 0.15) is 5.82 Å². The second-order valence-corrected chi connectivity index (χ2v) is 4.67. The summed E-state index contributed by atoms with van der Waals surface area (Å²) in [6, 6.07) is 1.62. The first kappa shape index (κ1) is 12.8. The van der Waals surface area contributed by atoms with Crippen molar-refractivity contribution >= 4 is 39.8 Å². The fourth-order valence-corrected chi connectivity index (χ4v) is 2.05. The summed E-state index contributed by atoms with van der Waals surface area (Å²) in [5, 5.41) is 8.34. The van der Waals surface area contributed by atoms with Crippen LogP contribution < -0.4 is 10.6 Å². The standard InChI is InChI=1S/C11H11ClN4OS/c1-2-13-9-5-7(8(12)6-15-9)10(17)16-11-14-3-4-18-11/h3-6H,2H2,1H3,(H,13,15)(H,14,16,17). The van der Waals surface area contributed by atoms with Gasteiger partial charge in [0, 0.05) is 24.3 Å². The highest BCUT2D eigenvalue weighted by atomic mass is 35.5. The quantitative estimate of drug-likeness (QED) is 0.905. The molecule has 0 saturated heterocycles. The van der Waals surface area contributed by atoms with Gasteiger partial charge in [-0.05, 0) is 13.0 Å². The number of nitrogens with zero attached hydrogens (tertiary/aromatic N) is 2. The number of thiazole rings is 1. The Balaban J connectivity index is 2.20. The van der Waals surface area contributed by atoms with Gasteiger partial charge in [0.05, 0.1) is 10.6 Å². The van der Waals surface area contributed by atoms with Crippen molar-refractivity contribution in [2.75, 3.05) is 17.2 Å². The molecular weight excluding hydrogens is 272 g/mol. The van der Waals surface area contributed by atoms with Crippen molar-refractivity contribution in [2.24, 2.45) is 0 Å². The molecule has 5 nitrogen and oxygen atoms in total. The van der Waals surface area contributed by atoms with Gasteiger partial charge in [-0.25, -0.2) is 9.97 Å². The van der Waals surface area contributed by atoms with Crippen LogP contribution in [0.5, 0.6) is 0 Å². The number of amides is 1. The number of hydrogen-bond donors (Lipinski definition) is 2. The Hall–Kier alpha value is -1.66. The summed E-state index contributed by atoms with van der Waals surface area (Å²) >= 11 is 7.31. The van der Waals surface area contributed by atoms with Crippen molar-refractivity contribution < 1.29 is 4.79 Å². The van der Waals surface area contributed by atoms with Crippen LogP contribution in [0, 0.1) is 0 Å². The molecule has 2 N–H and O–H groups in total. The van der Waals surface area contributed by atoms with E-state index in [0.29, 0.717) is 21.5 Å². The van der Waals surface area contributed by atoms with E-state index in [2.05, 4.69) is 20.6 Å². The van der Waals surface area contributed by atoms with Gasteiger partial charge < -0.3 is 5.32 Å². The van der Waals surface area contributed by atoms with Crippen molar-refractivity contribution in [1.82, 2.24) is 9.97 Å². The predicted molar refractivity (Wildman–Crippen MR) is 73.5 cm³/mol. The van der Waals surface area contributed by atoms with E-state index in [1.807, 2.05) is 6.92 Å². The van der Waals surface area contributed by atoms with Crippen molar-refractivity contribution in [1.29, 1.82) is 0 Å². The van der Waals surface area contributed by atoms with Gasteiger partial charge in [0.15, 0.2) is 5.13 Å². The maximum absolute atomic E-state index is 12.0. The minimum atomic E-state index is -0.295. The molecule has 18 heavy (non-hydrogen) atoms. The van der Waals surface area contributed by atoms with E-state index in [1.54, 1.807) is 17.6 Å². The number of aromatic nitrogens is 2. The van der Waals surface area contributed by atoms with Gasteiger partial charge >= 0.3 is 0 Å². The summed E-state index contributed by atoms with van der Waals surface area (Å²) in [6.07, 6.45) is 3.08. The summed E-state index contributed by atoms with van der Waals surface area (Å²) < 4.78 is 0. The monoisotopic (exact) mass is 282 g/mol. The zero-order valence-corrected chi connectivity index (χ0v) is 11.2. The molecule has 2 rings (SSSR count). The fourth-order valence-electron chi connectivity index (χ4n) is 1.34. The molecule has 0 fully saturated rings. The van der Waals surface area contributed by atoms with E-state index < -0.39 is 0 Å². The SMILES string of the molecule is CCNc1cc(C(=O)Nc2nccs2)c(Cl)cn1. The molecule has 94 valence electrons. The number of carbonyl (C=O) groups excluding carboxylic acids is 1. The average molecular weight is 283 g/mol. The lowest BCUT2D eigenvalue weighted by Crippen LogP contribution is -2.13. The maximum atomic E-state index is 12.0. The van der Waals surface area contributed by atoms with Gasteiger partial charge in [-0.1, -0.05) is 11.6 Å². The van der Waals surface area contributed by atoms with E-state index in [-0.39, 0.29) is 5.91 Å². The highest BCUT2D eigenvalue weighted by molar-refractivity contribution is 7.13. The van der Waals surface area contributed by atoms with Gasteiger partial charge in [-0.15, -0.1) is 11.3 Å². The first-order valence-electron chi connectivity index (χ1n) is 5.31. The molecule has 0 aromatic carbocycles. The molecule has 0 bridgehead atoms. The third kappa shape index (κ3) is 2.96. The van der Waals surface area contributed by atoms with Crippen molar-refractivity contribution in [3.63, 3.8) is 0 Å². The second kappa shape index (κ2) is 5.79. The molecule has 0 atom stereocenters. The lowest BCUT2D eigenvalue weighted by molar-refractivity contribution is 0.102. The van der Waals surface area contributed by atoms with Crippen LogP contribution in [0.2, 0.25) is 5.02 Å². The molecule has 0 saturated carbocycles. The van der Waals surface area contributed by atoms with E-state index in [0.717, 1.165) is 6.54 Å². The van der Waals surface area contributed by atoms with Crippen LogP contribution in [-0.4, -0.2) is 22.4 Å². The lowest BCUT2D eigenvalue weighted by Gasteiger charge is -2.07. The predicted octanol–water partition coefficient (Wildman–Crippen LogP) is 2.88. The molecule has 2 aromatic heterocycles. The normalized spacial score (nSPS) is 10.1. The van der Waals surface area contributed by atoms with Gasteiger partial charge in [-0.2, -0.15) is 0 Å². The molecule has 7 heteroatoms. The van der Waals surface area contributed by atoms with Gasteiger partial charge in [0.25, 0.3) is 5.91 Å². The van der Waals surface area contributed by atoms with Crippen molar-refractivity contribution in [3.05, 3.63) is 34.4 Å². The Labute approximate surface area is 113 Å². The molecule has 0 aliphatic heterocycles. The van der Waals surface area contributed by atoms with E-state index in [4.69, 9.17) is 11.6 Å². The van der Waals surface area contributed by atoms with Gasteiger partial charge in [0.2, 0.25) is 0 Å². The molecule has 0 radical (unpaired) electrons. The average Bonchev–Trinajstić information content (AvgIpc) is 2.84. The zero-order chi connectivity index (χ0) is 13.0. The number of rotatable bonds is 4. The molecule has 0 aliphatic carbocycles. The van der Waals surface area contributed by atoms with Gasteiger partial charge in [-0.3, -0.25) is 10.1 Å². The lowest BCUT2D eigenvalue weighted by atomic mass is 10.2. The van der Waals surface area contributed by atoms with E-state index in [1.165, 1.54) is 17.5 Å². The highest BCUT2D eigenvalue weighted by Gasteiger charge is 2.13. The molecule has 0 unspecified atom stereocenters. The Morgan fingerprint density at radius 3 is 3.00 bits per heavy atom. The first-order valence-corrected chi connectivity index (χ1v) is 6.56. The number of halogens is 1. The summed E-state index contributed by atoms with van der Waals surface area (Å²) in [6.45, 7) is 2.67. The fraction of sp³-hybridized carbons (Fsp3) is 0.182. The molecular formula is C11H11ClN4OS. The Kier molecular flexibility index (Phi) is 4.11. The smallest absolute Gasteiger partial charge is 0.259 e. The minimum absolute atomic E-state index is 0.295. The summed E-state index contributed by atoms with van der Waals surface area (Å²) in [5.74, 6) is 0.322. The van der Waals surface area contributed by atoms with E-state index >= 15 is 0 Å². The van der Waals surface area contributed by atoms with Crippen LogP contribution in [0.3, 0.4) is 0 Å². The van der Waals surface area contributed by atoms with Crippen LogP contribution in [0.4, 0.5) is 10.9 Å². The van der Waals surface area contributed by atoms with Crippen LogP contribution in [-0.2, 0) is 0 Å². The topological polar surface area (TPSA) is 66.9 Å². The van der Waals surface area contributed by atoms with E-state index in [9.17, 15) is 4.79 Å². The van der Waals surface area contributed by atoms with Crippen LogP contribution in [0.25, 0.3) is 0 Å². The largest absolute Gasteiger partial charge is 0.370 e. The second-order valence-electron chi connectivity index (χ2n) is 3.37. The summed E-state index contributed by atoms with van der Waals surface area (Å²) in [7, 11) is 0. The molecule has 0 aliphatic rings. The highest BCUT2D eigenvalue weighted by Crippen LogP contribution is 2.20. The maximum Gasteiger partial charge on any atom is 0.259 e. The third-order valence-corrected chi connectivity index (χ3v) is 3.10. The molecule has 2 aromatic rings. The zero-order valence-electron chi connectivity index (χ0n) is 9.61. The number of pyridine rings is 1. The number of hydrogen-bond acceptors (Lipinski definition) is 5. The summed E-state index contributed by atoms with van der Waals surface area (Å²) in [5.41, 5.74) is 0.373. The molecule has 1 amide bonds. The molecule has 2 heterocycles. The van der Waals surface area contributed by atoms with Crippen LogP contribution in [0.1, 0.15) is 17.3 Å². The van der Waals surface area contributed by atoms with Crippen LogP contribution in [0.15, 0.2) is 23.8 Å². The Morgan fingerprint density at radius 1 is 1.50 bits per heavy atom. The van der Waals surface area contributed by atoms with Crippen LogP contribution >= 0.6 is 22.9 Å². The number of anilines is 2. The summed E-state index contributed by atoms with van der Waals surface area (Å²) in [4.78, 5) is 20.1. The minimum Gasteiger partial charge on any atom is -0.370 e. The Bertz CT molecular complexity index is 544. The third-order valence-electron chi connectivity index (χ3n) is 2.11. The van der Waals surface area contributed by atoms with Crippen molar-refractivity contribution in [2.45, 2.75) is 6.92 Å². The first-order chi connectivity index (χ1) is 8.70. The molecule has 0 spiro atoms. The number of carbonyl (C=O) groups is 1. The Morgan fingerprint density at radius 2 is 2.33 bits per heavy atom.